The van der Waals surface area contributed by atoms with Crippen LogP contribution in [-0.2, 0) is 6.42 Å². The summed E-state index contributed by atoms with van der Waals surface area (Å²) in [6.07, 6.45) is 2.93. The summed E-state index contributed by atoms with van der Waals surface area (Å²) in [6.45, 7) is 0.695. The number of nitrogens with one attached hydrogen (secondary N) is 1. The molecule has 3 rings (SSSR count). The van der Waals surface area contributed by atoms with Crippen molar-refractivity contribution >= 4 is 45.7 Å². The molecule has 1 heterocycles. The Kier molecular flexibility index (Phi) is 5.17. The fourth-order valence-corrected chi connectivity index (χ4v) is 3.51. The van der Waals surface area contributed by atoms with Crippen LogP contribution < -0.4 is 5.73 Å². The zero-order valence-electron chi connectivity index (χ0n) is 12.5. The van der Waals surface area contributed by atoms with E-state index in [2.05, 4.69) is 4.98 Å². The number of hydrogen-bond donors (Lipinski definition) is 2. The van der Waals surface area contributed by atoms with Gasteiger partial charge in [-0.15, -0.1) is 0 Å². The van der Waals surface area contributed by atoms with Crippen LogP contribution in [0.2, 0.25) is 15.1 Å². The van der Waals surface area contributed by atoms with Gasteiger partial charge in [0.1, 0.15) is 0 Å². The molecule has 23 heavy (non-hydrogen) atoms. The molecule has 0 aliphatic heterocycles. The largest absolute Gasteiger partial charge is 0.353 e. The molecule has 0 fully saturated rings. The monoisotopic (exact) mass is 366 g/mol. The third-order valence-electron chi connectivity index (χ3n) is 3.95. The molecule has 3 N–H and O–H groups in total. The summed E-state index contributed by atoms with van der Waals surface area (Å²) >= 11 is 18.6. The van der Waals surface area contributed by atoms with E-state index in [4.69, 9.17) is 40.5 Å². The Labute approximate surface area is 150 Å². The minimum Gasteiger partial charge on any atom is -0.353 e. The van der Waals surface area contributed by atoms with Crippen LogP contribution in [0.4, 0.5) is 0 Å². The lowest BCUT2D eigenvalue weighted by Crippen LogP contribution is -1.99. The van der Waals surface area contributed by atoms with Crippen LogP contribution >= 0.6 is 34.8 Å². The second-order valence-corrected chi connectivity index (χ2v) is 6.82. The van der Waals surface area contributed by atoms with Crippen molar-refractivity contribution in [2.45, 2.75) is 19.3 Å². The quantitative estimate of drug-likeness (QED) is 0.527. The number of benzene rings is 2. The van der Waals surface area contributed by atoms with Gasteiger partial charge in [-0.25, -0.2) is 0 Å². The molecule has 0 bridgehead atoms. The number of aryl methyl sites for hydroxylation is 1. The molecule has 0 aliphatic rings. The molecule has 1 aromatic heterocycles. The topological polar surface area (TPSA) is 41.8 Å². The summed E-state index contributed by atoms with van der Waals surface area (Å²) in [4.78, 5) is 3.46. The van der Waals surface area contributed by atoms with Gasteiger partial charge in [-0.1, -0.05) is 46.9 Å². The molecule has 0 spiro atoms. The molecule has 2 aromatic carbocycles. The van der Waals surface area contributed by atoms with Crippen molar-refractivity contribution in [2.24, 2.45) is 5.73 Å². The van der Waals surface area contributed by atoms with E-state index >= 15 is 0 Å². The summed E-state index contributed by atoms with van der Waals surface area (Å²) < 4.78 is 0. The van der Waals surface area contributed by atoms with Crippen LogP contribution in [-0.4, -0.2) is 11.5 Å². The first kappa shape index (κ1) is 16.7. The van der Waals surface area contributed by atoms with Crippen molar-refractivity contribution in [2.75, 3.05) is 6.54 Å². The number of aromatic amines is 1. The molecule has 2 nitrogen and oxygen atoms in total. The van der Waals surface area contributed by atoms with Gasteiger partial charge in [-0.3, -0.25) is 0 Å². The number of H-pyrrole nitrogens is 1. The maximum Gasteiger partial charge on any atom is 0.0662 e. The maximum atomic E-state index is 6.36. The second kappa shape index (κ2) is 7.14. The Balaban J connectivity index is 2.16. The van der Waals surface area contributed by atoms with Gasteiger partial charge in [0.05, 0.1) is 10.5 Å². The summed E-state index contributed by atoms with van der Waals surface area (Å²) in [7, 11) is 0. The number of rotatable bonds is 5. The van der Waals surface area contributed by atoms with E-state index in [-0.39, 0.29) is 0 Å². The van der Waals surface area contributed by atoms with Crippen LogP contribution in [0.3, 0.4) is 0 Å². The number of halogens is 3. The molecule has 3 aromatic rings. The van der Waals surface area contributed by atoms with Crippen molar-refractivity contribution < 1.29 is 0 Å². The van der Waals surface area contributed by atoms with E-state index < -0.39 is 0 Å². The molecule has 0 radical (unpaired) electrons. The smallest absolute Gasteiger partial charge is 0.0662 e. The van der Waals surface area contributed by atoms with Gasteiger partial charge in [0.25, 0.3) is 0 Å². The highest BCUT2D eigenvalue weighted by molar-refractivity contribution is 6.38. The minimum atomic E-state index is 0.632. The number of fused-ring (bicyclic) bond motifs is 1. The van der Waals surface area contributed by atoms with E-state index in [1.807, 2.05) is 30.3 Å². The first-order valence-electron chi connectivity index (χ1n) is 7.55. The minimum absolute atomic E-state index is 0.632. The zero-order valence-corrected chi connectivity index (χ0v) is 14.8. The molecular formula is C18H17Cl3N2. The van der Waals surface area contributed by atoms with E-state index in [0.717, 1.165) is 46.4 Å². The van der Waals surface area contributed by atoms with Crippen molar-refractivity contribution in [3.8, 4) is 11.3 Å². The lowest BCUT2D eigenvalue weighted by molar-refractivity contribution is 0.748. The van der Waals surface area contributed by atoms with Crippen LogP contribution in [0.25, 0.3) is 22.2 Å². The highest BCUT2D eigenvalue weighted by atomic mass is 35.5. The first-order chi connectivity index (χ1) is 11.1. The van der Waals surface area contributed by atoms with Crippen LogP contribution in [0, 0.1) is 0 Å². The summed E-state index contributed by atoms with van der Waals surface area (Å²) in [6, 6.07) is 11.5. The van der Waals surface area contributed by atoms with Crippen molar-refractivity contribution in [1.29, 1.82) is 0 Å². The third kappa shape index (κ3) is 3.51. The lowest BCUT2D eigenvalue weighted by atomic mass is 10.0. The molecule has 0 amide bonds. The highest BCUT2D eigenvalue weighted by Crippen LogP contribution is 2.37. The van der Waals surface area contributed by atoms with Gasteiger partial charge in [0.2, 0.25) is 0 Å². The molecule has 0 aliphatic carbocycles. The van der Waals surface area contributed by atoms with Crippen LogP contribution in [0.1, 0.15) is 18.4 Å². The SMILES string of the molecule is NCCCCc1c(-c2ccc(Cl)cc2)[nH]c2c(Cl)cc(Cl)cc12. The zero-order chi connectivity index (χ0) is 16.4. The summed E-state index contributed by atoms with van der Waals surface area (Å²) in [5, 5.41) is 3.07. The summed E-state index contributed by atoms with van der Waals surface area (Å²) in [5.41, 5.74) is 9.92. The standard InChI is InChI=1S/C18H17Cl3N2/c19-12-6-4-11(5-7-12)17-14(3-1-2-8-22)15-9-13(20)10-16(21)18(15)23-17/h4-7,9-10,23H,1-3,8,22H2. The van der Waals surface area contributed by atoms with E-state index in [1.54, 1.807) is 6.07 Å². The molecule has 5 heteroatoms. The highest BCUT2D eigenvalue weighted by Gasteiger charge is 2.15. The van der Waals surface area contributed by atoms with Crippen LogP contribution in [0.15, 0.2) is 36.4 Å². The molecule has 120 valence electrons. The van der Waals surface area contributed by atoms with Gasteiger partial charge in [0.15, 0.2) is 0 Å². The Bertz CT molecular complexity index is 822. The van der Waals surface area contributed by atoms with E-state index in [9.17, 15) is 0 Å². The van der Waals surface area contributed by atoms with Crippen LogP contribution in [0.5, 0.6) is 0 Å². The predicted octanol–water partition coefficient (Wildman–Crippen LogP) is 6.08. The van der Waals surface area contributed by atoms with Gasteiger partial charge in [-0.05, 0) is 61.2 Å². The Morgan fingerprint density at radius 3 is 2.35 bits per heavy atom. The molecule has 0 saturated carbocycles. The third-order valence-corrected chi connectivity index (χ3v) is 4.71. The first-order valence-corrected chi connectivity index (χ1v) is 8.69. The lowest BCUT2D eigenvalue weighted by Gasteiger charge is -2.05. The van der Waals surface area contributed by atoms with Crippen molar-refractivity contribution in [1.82, 2.24) is 4.98 Å². The van der Waals surface area contributed by atoms with Crippen molar-refractivity contribution in [3.05, 3.63) is 57.0 Å². The second-order valence-electron chi connectivity index (χ2n) is 5.54. The predicted molar refractivity (Wildman–Crippen MR) is 101 cm³/mol. The number of nitrogens with two attached hydrogens (primary N) is 1. The molecular weight excluding hydrogens is 351 g/mol. The molecule has 0 atom stereocenters. The summed E-state index contributed by atoms with van der Waals surface area (Å²) in [5.74, 6) is 0. The maximum absolute atomic E-state index is 6.36. The number of unbranched alkanes of at least 4 members (excludes halogenated alkanes) is 1. The Hall–Kier alpha value is -1.19. The normalized spacial score (nSPS) is 11.3. The average molecular weight is 368 g/mol. The number of aromatic nitrogens is 1. The average Bonchev–Trinajstić information content (AvgIpc) is 2.87. The molecule has 0 unspecified atom stereocenters. The fourth-order valence-electron chi connectivity index (χ4n) is 2.84. The van der Waals surface area contributed by atoms with E-state index in [1.165, 1.54) is 5.56 Å². The van der Waals surface area contributed by atoms with Crippen molar-refractivity contribution in [3.63, 3.8) is 0 Å². The number of hydrogen-bond acceptors (Lipinski definition) is 1. The van der Waals surface area contributed by atoms with E-state index in [0.29, 0.717) is 16.6 Å². The van der Waals surface area contributed by atoms with Gasteiger partial charge in [-0.2, -0.15) is 0 Å². The molecule has 0 saturated heterocycles. The van der Waals surface area contributed by atoms with Gasteiger partial charge in [0, 0.05) is 21.1 Å². The van der Waals surface area contributed by atoms with Gasteiger partial charge >= 0.3 is 0 Å². The Morgan fingerprint density at radius 1 is 0.913 bits per heavy atom. The van der Waals surface area contributed by atoms with Gasteiger partial charge < -0.3 is 10.7 Å². The Morgan fingerprint density at radius 2 is 1.65 bits per heavy atom. The fraction of sp³-hybridized carbons (Fsp3) is 0.222.